The van der Waals surface area contributed by atoms with Gasteiger partial charge in [-0.25, -0.2) is 0 Å². The van der Waals surface area contributed by atoms with Crippen LogP contribution in [0.5, 0.6) is 5.75 Å². The summed E-state index contributed by atoms with van der Waals surface area (Å²) >= 11 is 5.92. The second kappa shape index (κ2) is 5.59. The zero-order valence-corrected chi connectivity index (χ0v) is 11.8. The first-order valence-corrected chi connectivity index (χ1v) is 6.33. The lowest BCUT2D eigenvalue weighted by Gasteiger charge is -2.09. The van der Waals surface area contributed by atoms with Gasteiger partial charge in [0.05, 0.1) is 18.7 Å². The van der Waals surface area contributed by atoms with Crippen molar-refractivity contribution in [3.05, 3.63) is 29.1 Å². The summed E-state index contributed by atoms with van der Waals surface area (Å²) in [6.45, 7) is 3.99. The summed E-state index contributed by atoms with van der Waals surface area (Å²) in [5.41, 5.74) is 6.70. The Kier molecular flexibility index (Phi) is 4.07. The molecule has 0 saturated carbocycles. The van der Waals surface area contributed by atoms with Gasteiger partial charge in [0.25, 0.3) is 0 Å². The number of aromatic nitrogens is 2. The molecule has 2 N–H and O–H groups in total. The monoisotopic (exact) mass is 281 g/mol. The summed E-state index contributed by atoms with van der Waals surface area (Å²) in [5.74, 6) is 1.68. The third kappa shape index (κ3) is 2.88. The van der Waals surface area contributed by atoms with E-state index in [0.29, 0.717) is 22.5 Å². The number of ether oxygens (including phenoxy) is 1. The second-order valence-corrected chi connectivity index (χ2v) is 5.01. The molecule has 19 heavy (non-hydrogen) atoms. The van der Waals surface area contributed by atoms with Gasteiger partial charge in [0.1, 0.15) is 5.75 Å². The molecule has 6 heteroatoms. The first-order valence-electron chi connectivity index (χ1n) is 5.96. The van der Waals surface area contributed by atoms with Crippen molar-refractivity contribution in [3.8, 4) is 17.1 Å². The van der Waals surface area contributed by atoms with E-state index in [0.717, 1.165) is 5.56 Å². The summed E-state index contributed by atoms with van der Waals surface area (Å²) in [5, 5.41) is 4.53. The third-order valence-corrected chi connectivity index (χ3v) is 3.08. The van der Waals surface area contributed by atoms with Gasteiger partial charge in [-0.05, 0) is 24.1 Å². The molecule has 0 unspecified atom stereocenters. The van der Waals surface area contributed by atoms with Crippen molar-refractivity contribution in [2.45, 2.75) is 19.9 Å². The molecule has 5 nitrogen and oxygen atoms in total. The highest BCUT2D eigenvalue weighted by Gasteiger charge is 2.20. The van der Waals surface area contributed by atoms with E-state index in [9.17, 15) is 0 Å². The smallest absolute Gasteiger partial charge is 0.244 e. The van der Waals surface area contributed by atoms with Gasteiger partial charge in [-0.3, -0.25) is 0 Å². The van der Waals surface area contributed by atoms with Gasteiger partial charge < -0.3 is 15.0 Å². The van der Waals surface area contributed by atoms with Crippen LogP contribution in [0.25, 0.3) is 11.4 Å². The summed E-state index contributed by atoms with van der Waals surface area (Å²) in [6, 6.07) is 4.96. The van der Waals surface area contributed by atoms with Gasteiger partial charge in [0.15, 0.2) is 0 Å². The van der Waals surface area contributed by atoms with Crippen molar-refractivity contribution in [3.63, 3.8) is 0 Å². The molecule has 102 valence electrons. The Balaban J connectivity index is 2.38. The predicted octanol–water partition coefficient (Wildman–Crippen LogP) is 3.05. The molecule has 0 aliphatic heterocycles. The molecular formula is C13H16ClN3O2. The Hall–Kier alpha value is -1.59. The highest BCUT2D eigenvalue weighted by Crippen LogP contribution is 2.31. The van der Waals surface area contributed by atoms with Crippen LogP contribution in [-0.4, -0.2) is 17.3 Å². The SMILES string of the molecule is COc1cc(Cl)ccc1-c1noc([C@H](N)C(C)C)n1. The number of methoxy groups -OCH3 is 1. The molecule has 0 spiro atoms. The molecule has 0 aliphatic carbocycles. The van der Waals surface area contributed by atoms with E-state index in [1.807, 2.05) is 13.8 Å². The minimum absolute atomic E-state index is 0.223. The Morgan fingerprint density at radius 1 is 1.37 bits per heavy atom. The standard InChI is InChI=1S/C13H16ClN3O2/c1-7(2)11(15)13-16-12(17-19-13)9-5-4-8(14)6-10(9)18-3/h4-7,11H,15H2,1-3H3/t11-/m1/s1. The fraction of sp³-hybridized carbons (Fsp3) is 0.385. The van der Waals surface area contributed by atoms with Crippen LogP contribution in [0.3, 0.4) is 0 Å². The van der Waals surface area contributed by atoms with E-state index in [1.165, 1.54) is 0 Å². The maximum absolute atomic E-state index is 5.98. The van der Waals surface area contributed by atoms with E-state index < -0.39 is 0 Å². The normalized spacial score (nSPS) is 12.7. The van der Waals surface area contributed by atoms with E-state index in [-0.39, 0.29) is 12.0 Å². The number of rotatable bonds is 4. The number of hydrogen-bond donors (Lipinski definition) is 1. The molecule has 0 bridgehead atoms. The van der Waals surface area contributed by atoms with Crippen molar-refractivity contribution >= 4 is 11.6 Å². The lowest BCUT2D eigenvalue weighted by molar-refractivity contribution is 0.325. The largest absolute Gasteiger partial charge is 0.496 e. The lowest BCUT2D eigenvalue weighted by Crippen LogP contribution is -2.16. The van der Waals surface area contributed by atoms with Gasteiger partial charge in [-0.1, -0.05) is 30.6 Å². The van der Waals surface area contributed by atoms with Gasteiger partial charge in [-0.15, -0.1) is 0 Å². The van der Waals surface area contributed by atoms with Crippen LogP contribution >= 0.6 is 11.6 Å². The topological polar surface area (TPSA) is 74.2 Å². The molecular weight excluding hydrogens is 266 g/mol. The highest BCUT2D eigenvalue weighted by molar-refractivity contribution is 6.30. The van der Waals surface area contributed by atoms with E-state index >= 15 is 0 Å². The number of benzene rings is 1. The third-order valence-electron chi connectivity index (χ3n) is 2.85. The number of nitrogens with two attached hydrogens (primary N) is 1. The van der Waals surface area contributed by atoms with Gasteiger partial charge in [-0.2, -0.15) is 4.98 Å². The van der Waals surface area contributed by atoms with Crippen molar-refractivity contribution in [2.24, 2.45) is 11.7 Å². The molecule has 0 fully saturated rings. The van der Waals surface area contributed by atoms with Crippen LogP contribution < -0.4 is 10.5 Å². The van der Waals surface area contributed by atoms with Crippen LogP contribution in [0.15, 0.2) is 22.7 Å². The Morgan fingerprint density at radius 2 is 2.11 bits per heavy atom. The number of nitrogens with zero attached hydrogens (tertiary/aromatic N) is 2. The predicted molar refractivity (Wildman–Crippen MR) is 73.1 cm³/mol. The average Bonchev–Trinajstić information content (AvgIpc) is 2.86. The molecule has 2 aromatic rings. The van der Waals surface area contributed by atoms with Crippen LogP contribution in [0.2, 0.25) is 5.02 Å². The molecule has 1 atom stereocenters. The van der Waals surface area contributed by atoms with Gasteiger partial charge in [0.2, 0.25) is 11.7 Å². The van der Waals surface area contributed by atoms with Crippen molar-refractivity contribution in [1.29, 1.82) is 0 Å². The Labute approximate surface area is 116 Å². The Bertz CT molecular complexity index is 569. The molecule has 0 radical (unpaired) electrons. The van der Waals surface area contributed by atoms with E-state index in [4.69, 9.17) is 26.6 Å². The number of hydrogen-bond acceptors (Lipinski definition) is 5. The second-order valence-electron chi connectivity index (χ2n) is 4.57. The van der Waals surface area contributed by atoms with Crippen molar-refractivity contribution in [1.82, 2.24) is 10.1 Å². The summed E-state index contributed by atoms with van der Waals surface area (Å²) in [4.78, 5) is 4.31. The summed E-state index contributed by atoms with van der Waals surface area (Å²) < 4.78 is 10.5. The van der Waals surface area contributed by atoms with E-state index in [2.05, 4.69) is 10.1 Å². The first-order chi connectivity index (χ1) is 9.02. The maximum atomic E-state index is 5.98. The van der Waals surface area contributed by atoms with E-state index in [1.54, 1.807) is 25.3 Å². The molecule has 1 aromatic carbocycles. The minimum atomic E-state index is -0.278. The molecule has 0 aliphatic rings. The molecule has 2 rings (SSSR count). The van der Waals surface area contributed by atoms with Crippen LogP contribution in [0, 0.1) is 5.92 Å². The molecule has 1 aromatic heterocycles. The zero-order valence-electron chi connectivity index (χ0n) is 11.1. The first kappa shape index (κ1) is 13.8. The Morgan fingerprint density at radius 3 is 2.74 bits per heavy atom. The van der Waals surface area contributed by atoms with Crippen LogP contribution in [0.1, 0.15) is 25.8 Å². The summed E-state index contributed by atoms with van der Waals surface area (Å²) in [6.07, 6.45) is 0. The van der Waals surface area contributed by atoms with Crippen molar-refractivity contribution < 1.29 is 9.26 Å². The maximum Gasteiger partial charge on any atom is 0.244 e. The minimum Gasteiger partial charge on any atom is -0.496 e. The molecule has 1 heterocycles. The van der Waals surface area contributed by atoms with Crippen LogP contribution in [0.4, 0.5) is 0 Å². The fourth-order valence-corrected chi connectivity index (χ4v) is 1.78. The van der Waals surface area contributed by atoms with Crippen molar-refractivity contribution in [2.75, 3.05) is 7.11 Å². The zero-order chi connectivity index (χ0) is 14.0. The lowest BCUT2D eigenvalue weighted by atomic mass is 10.1. The average molecular weight is 282 g/mol. The highest BCUT2D eigenvalue weighted by atomic mass is 35.5. The van der Waals surface area contributed by atoms with Gasteiger partial charge in [0, 0.05) is 5.02 Å². The summed E-state index contributed by atoms with van der Waals surface area (Å²) in [7, 11) is 1.57. The molecule has 0 amide bonds. The number of halogens is 1. The van der Waals surface area contributed by atoms with Gasteiger partial charge >= 0.3 is 0 Å². The fourth-order valence-electron chi connectivity index (χ4n) is 1.61. The molecule has 0 saturated heterocycles. The quantitative estimate of drug-likeness (QED) is 0.932. The van der Waals surface area contributed by atoms with Crippen LogP contribution in [-0.2, 0) is 0 Å².